The van der Waals surface area contributed by atoms with Gasteiger partial charge in [0.05, 0.1) is 4.92 Å². The number of non-ortho nitro benzene ring substituents is 1. The first-order chi connectivity index (χ1) is 9.36. The summed E-state index contributed by atoms with van der Waals surface area (Å²) in [6.07, 6.45) is 0. The van der Waals surface area contributed by atoms with Gasteiger partial charge in [0.2, 0.25) is 5.91 Å². The van der Waals surface area contributed by atoms with E-state index < -0.39 is 4.92 Å². The molecule has 0 radical (unpaired) electrons. The third-order valence-corrected chi connectivity index (χ3v) is 3.18. The predicted molar refractivity (Wildman–Crippen MR) is 77.0 cm³/mol. The Labute approximate surface area is 118 Å². The highest BCUT2D eigenvalue weighted by Crippen LogP contribution is 2.16. The molecule has 110 valence electrons. The van der Waals surface area contributed by atoms with Crippen LogP contribution in [0.1, 0.15) is 26.3 Å². The van der Waals surface area contributed by atoms with Crippen LogP contribution in [-0.2, 0) is 11.3 Å². The summed E-state index contributed by atoms with van der Waals surface area (Å²) < 4.78 is 0. The summed E-state index contributed by atoms with van der Waals surface area (Å²) in [5.41, 5.74) is 6.45. The van der Waals surface area contributed by atoms with E-state index in [-0.39, 0.29) is 23.6 Å². The molecule has 1 aromatic rings. The molecule has 20 heavy (non-hydrogen) atoms. The first-order valence-electron chi connectivity index (χ1n) is 6.60. The van der Waals surface area contributed by atoms with Gasteiger partial charge in [-0.1, -0.05) is 19.1 Å². The van der Waals surface area contributed by atoms with Gasteiger partial charge in [-0.3, -0.25) is 14.9 Å². The number of amides is 1. The van der Waals surface area contributed by atoms with E-state index in [1.54, 1.807) is 24.0 Å². The highest BCUT2D eigenvalue weighted by molar-refractivity contribution is 5.79. The van der Waals surface area contributed by atoms with Gasteiger partial charge in [0.25, 0.3) is 5.69 Å². The second kappa shape index (κ2) is 7.00. The van der Waals surface area contributed by atoms with Gasteiger partial charge in [-0.25, -0.2) is 0 Å². The minimum atomic E-state index is -0.439. The molecule has 6 nitrogen and oxygen atoms in total. The van der Waals surface area contributed by atoms with Crippen LogP contribution < -0.4 is 5.73 Å². The average Bonchev–Trinajstić information content (AvgIpc) is 2.43. The van der Waals surface area contributed by atoms with E-state index in [0.717, 1.165) is 5.56 Å². The van der Waals surface area contributed by atoms with Gasteiger partial charge in [-0.2, -0.15) is 0 Å². The fraction of sp³-hybridized carbons (Fsp3) is 0.500. The Balaban J connectivity index is 2.85. The Morgan fingerprint density at radius 2 is 1.85 bits per heavy atom. The van der Waals surface area contributed by atoms with E-state index in [4.69, 9.17) is 5.73 Å². The van der Waals surface area contributed by atoms with Gasteiger partial charge >= 0.3 is 0 Å². The third-order valence-electron chi connectivity index (χ3n) is 3.18. The standard InChI is InChI=1S/C14H21N3O3/c1-10(2)16(14(18)11(3)8-15)9-12-4-6-13(7-5-12)17(19)20/h4-7,10-11H,8-9,15H2,1-3H3. The van der Waals surface area contributed by atoms with Crippen LogP contribution in [0.15, 0.2) is 24.3 Å². The largest absolute Gasteiger partial charge is 0.336 e. The van der Waals surface area contributed by atoms with Crippen molar-refractivity contribution in [1.29, 1.82) is 0 Å². The average molecular weight is 279 g/mol. The molecule has 0 aliphatic heterocycles. The zero-order chi connectivity index (χ0) is 15.3. The van der Waals surface area contributed by atoms with E-state index in [2.05, 4.69) is 0 Å². The summed E-state index contributed by atoms with van der Waals surface area (Å²) in [6, 6.07) is 6.30. The van der Waals surface area contributed by atoms with Crippen molar-refractivity contribution in [1.82, 2.24) is 4.90 Å². The van der Waals surface area contributed by atoms with E-state index in [1.165, 1.54) is 12.1 Å². The lowest BCUT2D eigenvalue weighted by Crippen LogP contribution is -2.41. The van der Waals surface area contributed by atoms with Gasteiger partial charge < -0.3 is 10.6 Å². The van der Waals surface area contributed by atoms with Crippen molar-refractivity contribution >= 4 is 11.6 Å². The normalized spacial score (nSPS) is 12.2. The van der Waals surface area contributed by atoms with E-state index in [9.17, 15) is 14.9 Å². The monoisotopic (exact) mass is 279 g/mol. The highest BCUT2D eigenvalue weighted by Gasteiger charge is 2.22. The lowest BCUT2D eigenvalue weighted by atomic mass is 10.1. The second-order valence-corrected chi connectivity index (χ2v) is 5.12. The summed E-state index contributed by atoms with van der Waals surface area (Å²) in [7, 11) is 0. The molecule has 0 heterocycles. The smallest absolute Gasteiger partial charge is 0.269 e. The number of nitro groups is 1. The fourth-order valence-corrected chi connectivity index (χ4v) is 1.82. The molecule has 1 atom stereocenters. The van der Waals surface area contributed by atoms with Crippen molar-refractivity contribution in [3.8, 4) is 0 Å². The molecular weight excluding hydrogens is 258 g/mol. The van der Waals surface area contributed by atoms with Gasteiger partial charge in [-0.15, -0.1) is 0 Å². The van der Waals surface area contributed by atoms with E-state index >= 15 is 0 Å². The van der Waals surface area contributed by atoms with Crippen molar-refractivity contribution in [2.45, 2.75) is 33.4 Å². The van der Waals surface area contributed by atoms with Gasteiger partial charge in [0.1, 0.15) is 0 Å². The lowest BCUT2D eigenvalue weighted by Gasteiger charge is -2.29. The Hall–Kier alpha value is -1.95. The van der Waals surface area contributed by atoms with Crippen molar-refractivity contribution in [2.75, 3.05) is 6.54 Å². The third kappa shape index (κ3) is 4.03. The van der Waals surface area contributed by atoms with Crippen molar-refractivity contribution in [2.24, 2.45) is 11.7 Å². The summed E-state index contributed by atoms with van der Waals surface area (Å²) in [6.45, 7) is 6.41. The maximum absolute atomic E-state index is 12.2. The topological polar surface area (TPSA) is 89.5 Å². The van der Waals surface area contributed by atoms with Crippen LogP contribution in [0.5, 0.6) is 0 Å². The Morgan fingerprint density at radius 1 is 1.30 bits per heavy atom. The first kappa shape index (κ1) is 16.1. The van der Waals surface area contributed by atoms with Crippen LogP contribution >= 0.6 is 0 Å². The van der Waals surface area contributed by atoms with Gasteiger partial charge in [0, 0.05) is 37.2 Å². The molecule has 1 rings (SSSR count). The molecule has 0 aromatic heterocycles. The quantitative estimate of drug-likeness (QED) is 0.636. The maximum atomic E-state index is 12.2. The summed E-state index contributed by atoms with van der Waals surface area (Å²) in [4.78, 5) is 24.1. The zero-order valence-corrected chi connectivity index (χ0v) is 12.1. The number of rotatable bonds is 6. The molecule has 0 fully saturated rings. The van der Waals surface area contributed by atoms with E-state index in [0.29, 0.717) is 13.1 Å². The summed E-state index contributed by atoms with van der Waals surface area (Å²) in [5, 5.41) is 10.6. The molecule has 1 amide bonds. The number of nitrogens with two attached hydrogens (primary N) is 1. The molecular formula is C14H21N3O3. The zero-order valence-electron chi connectivity index (χ0n) is 12.1. The molecule has 2 N–H and O–H groups in total. The minimum absolute atomic E-state index is 0.000790. The maximum Gasteiger partial charge on any atom is 0.269 e. The number of hydrogen-bond donors (Lipinski definition) is 1. The number of nitro benzene ring substituents is 1. The predicted octanol–water partition coefficient (Wildman–Crippen LogP) is 1.93. The Kier molecular flexibility index (Phi) is 5.64. The van der Waals surface area contributed by atoms with Crippen LogP contribution in [0.25, 0.3) is 0 Å². The molecule has 0 aliphatic rings. The molecule has 0 spiro atoms. The van der Waals surface area contributed by atoms with Crippen LogP contribution in [0.4, 0.5) is 5.69 Å². The highest BCUT2D eigenvalue weighted by atomic mass is 16.6. The van der Waals surface area contributed by atoms with Crippen molar-refractivity contribution in [3.05, 3.63) is 39.9 Å². The summed E-state index contributed by atoms with van der Waals surface area (Å²) in [5.74, 6) is -0.226. The number of hydrogen-bond acceptors (Lipinski definition) is 4. The van der Waals surface area contributed by atoms with Crippen LogP contribution in [0.3, 0.4) is 0 Å². The molecule has 0 aliphatic carbocycles. The Morgan fingerprint density at radius 3 is 2.25 bits per heavy atom. The number of carbonyl (C=O) groups excluding carboxylic acids is 1. The van der Waals surface area contributed by atoms with Crippen LogP contribution in [-0.4, -0.2) is 28.3 Å². The molecule has 0 saturated heterocycles. The van der Waals surface area contributed by atoms with Gasteiger partial charge in [0.15, 0.2) is 0 Å². The Bertz CT molecular complexity index is 471. The SMILES string of the molecule is CC(CN)C(=O)N(Cc1ccc([N+](=O)[O-])cc1)C(C)C. The molecule has 1 unspecified atom stereocenters. The van der Waals surface area contributed by atoms with Crippen LogP contribution in [0, 0.1) is 16.0 Å². The second-order valence-electron chi connectivity index (χ2n) is 5.12. The van der Waals surface area contributed by atoms with Crippen molar-refractivity contribution in [3.63, 3.8) is 0 Å². The minimum Gasteiger partial charge on any atom is -0.336 e. The van der Waals surface area contributed by atoms with E-state index in [1.807, 2.05) is 13.8 Å². The molecule has 0 saturated carbocycles. The molecule has 1 aromatic carbocycles. The lowest BCUT2D eigenvalue weighted by molar-refractivity contribution is -0.384. The summed E-state index contributed by atoms with van der Waals surface area (Å²) >= 11 is 0. The molecule has 0 bridgehead atoms. The fourth-order valence-electron chi connectivity index (χ4n) is 1.82. The first-order valence-corrected chi connectivity index (χ1v) is 6.60. The van der Waals surface area contributed by atoms with Crippen LogP contribution in [0.2, 0.25) is 0 Å². The van der Waals surface area contributed by atoms with Gasteiger partial charge in [-0.05, 0) is 19.4 Å². The number of benzene rings is 1. The number of nitrogens with zero attached hydrogens (tertiary/aromatic N) is 2. The molecule has 6 heteroatoms. The van der Waals surface area contributed by atoms with Crippen molar-refractivity contribution < 1.29 is 9.72 Å². The number of carbonyl (C=O) groups is 1.